The standard InChI is InChI=1S/C25H54N6O4/c1-27(2)15-12-17-29(5)20-22-34-24(32)26-14-10-8-9-11-19-31(7)25(33)35-23-21-30(6)18-13-16-28(3)4/h8-23H2,1-7H3,(H,26,32). The second kappa shape index (κ2) is 21.6. The Labute approximate surface area is 214 Å². The summed E-state index contributed by atoms with van der Waals surface area (Å²) in [6.07, 6.45) is 5.40. The monoisotopic (exact) mass is 502 g/mol. The first kappa shape index (κ1) is 33.4. The van der Waals surface area contributed by atoms with Crippen LogP contribution in [0.1, 0.15) is 38.5 Å². The van der Waals surface area contributed by atoms with Crippen molar-refractivity contribution in [2.75, 3.05) is 115 Å². The normalized spacial score (nSPS) is 11.5. The number of unbranched alkanes of at least 4 members (excludes halogenated alkanes) is 3. The van der Waals surface area contributed by atoms with Crippen molar-refractivity contribution in [1.82, 2.24) is 29.8 Å². The molecule has 0 rings (SSSR count). The number of hydrogen-bond acceptors (Lipinski definition) is 8. The minimum atomic E-state index is -0.350. The molecule has 0 spiro atoms. The van der Waals surface area contributed by atoms with Crippen molar-refractivity contribution in [3.63, 3.8) is 0 Å². The van der Waals surface area contributed by atoms with Gasteiger partial charge in [-0.05, 0) is 94.1 Å². The molecule has 0 aromatic rings. The molecule has 0 atom stereocenters. The van der Waals surface area contributed by atoms with Crippen molar-refractivity contribution >= 4 is 12.2 Å². The minimum Gasteiger partial charge on any atom is -0.448 e. The van der Waals surface area contributed by atoms with Crippen LogP contribution in [0.3, 0.4) is 0 Å². The van der Waals surface area contributed by atoms with Crippen LogP contribution in [0.5, 0.6) is 0 Å². The van der Waals surface area contributed by atoms with Crippen LogP contribution in [0.15, 0.2) is 0 Å². The van der Waals surface area contributed by atoms with Crippen LogP contribution in [-0.2, 0) is 9.47 Å². The summed E-state index contributed by atoms with van der Waals surface area (Å²) in [7, 11) is 14.2. The van der Waals surface area contributed by atoms with Gasteiger partial charge < -0.3 is 39.3 Å². The zero-order valence-electron chi connectivity index (χ0n) is 23.7. The summed E-state index contributed by atoms with van der Waals surface area (Å²) in [5.74, 6) is 0. The van der Waals surface area contributed by atoms with Crippen molar-refractivity contribution in [3.8, 4) is 0 Å². The van der Waals surface area contributed by atoms with Gasteiger partial charge in [0.2, 0.25) is 0 Å². The minimum absolute atomic E-state index is 0.264. The first-order valence-electron chi connectivity index (χ1n) is 13.1. The number of carbonyl (C=O) groups excluding carboxylic acids is 2. The van der Waals surface area contributed by atoms with Crippen LogP contribution in [0.2, 0.25) is 0 Å². The van der Waals surface area contributed by atoms with Gasteiger partial charge >= 0.3 is 12.2 Å². The Morgan fingerprint density at radius 2 is 1.09 bits per heavy atom. The SMILES string of the molecule is CN(C)CCCN(C)CCOC(=O)NCCCCCCN(C)C(=O)OCCN(C)CCCN(C)C. The fourth-order valence-electron chi connectivity index (χ4n) is 3.39. The third kappa shape index (κ3) is 22.6. The van der Waals surface area contributed by atoms with E-state index in [1.54, 1.807) is 11.9 Å². The molecule has 0 aromatic carbocycles. The van der Waals surface area contributed by atoms with Gasteiger partial charge in [-0.3, -0.25) is 0 Å². The molecule has 2 amide bonds. The van der Waals surface area contributed by atoms with E-state index < -0.39 is 0 Å². The number of nitrogens with zero attached hydrogens (tertiary/aromatic N) is 5. The van der Waals surface area contributed by atoms with Crippen molar-refractivity contribution in [1.29, 1.82) is 0 Å². The molecule has 10 nitrogen and oxygen atoms in total. The highest BCUT2D eigenvalue weighted by molar-refractivity contribution is 5.67. The summed E-state index contributed by atoms with van der Waals surface area (Å²) >= 11 is 0. The molecule has 35 heavy (non-hydrogen) atoms. The summed E-state index contributed by atoms with van der Waals surface area (Å²) in [6, 6.07) is 0. The molecule has 1 N–H and O–H groups in total. The molecule has 0 aliphatic rings. The summed E-state index contributed by atoms with van der Waals surface area (Å²) < 4.78 is 10.6. The summed E-state index contributed by atoms with van der Waals surface area (Å²) in [6.45, 7) is 7.68. The Hall–Kier alpha value is -1.62. The molecule has 0 saturated heterocycles. The van der Waals surface area contributed by atoms with E-state index in [0.717, 1.165) is 77.8 Å². The number of carbonyl (C=O) groups is 2. The Bertz CT molecular complexity index is 536. The highest BCUT2D eigenvalue weighted by atomic mass is 16.6. The number of likely N-dealkylation sites (N-methyl/N-ethyl adjacent to an activating group) is 2. The first-order valence-corrected chi connectivity index (χ1v) is 13.1. The molecular weight excluding hydrogens is 448 g/mol. The van der Waals surface area contributed by atoms with E-state index in [-0.39, 0.29) is 12.2 Å². The average molecular weight is 503 g/mol. The molecular formula is C25H54N6O4. The van der Waals surface area contributed by atoms with Gasteiger partial charge in [0.25, 0.3) is 0 Å². The smallest absolute Gasteiger partial charge is 0.409 e. The lowest BCUT2D eigenvalue weighted by molar-refractivity contribution is 0.100. The lowest BCUT2D eigenvalue weighted by Gasteiger charge is -2.20. The number of amides is 2. The third-order valence-electron chi connectivity index (χ3n) is 5.70. The maximum Gasteiger partial charge on any atom is 0.409 e. The Kier molecular flexibility index (Phi) is 20.6. The van der Waals surface area contributed by atoms with E-state index in [1.165, 1.54) is 0 Å². The second-order valence-electron chi connectivity index (χ2n) is 9.93. The van der Waals surface area contributed by atoms with Crippen molar-refractivity contribution in [3.05, 3.63) is 0 Å². The van der Waals surface area contributed by atoms with Crippen LogP contribution in [0.4, 0.5) is 9.59 Å². The second-order valence-corrected chi connectivity index (χ2v) is 9.93. The van der Waals surface area contributed by atoms with E-state index in [0.29, 0.717) is 26.3 Å². The predicted molar refractivity (Wildman–Crippen MR) is 143 cm³/mol. The van der Waals surface area contributed by atoms with Gasteiger partial charge in [0.15, 0.2) is 0 Å². The van der Waals surface area contributed by atoms with Gasteiger partial charge in [0, 0.05) is 33.2 Å². The zero-order chi connectivity index (χ0) is 26.5. The van der Waals surface area contributed by atoms with Crippen LogP contribution >= 0.6 is 0 Å². The fraction of sp³-hybridized carbons (Fsp3) is 0.920. The molecule has 0 radical (unpaired) electrons. The van der Waals surface area contributed by atoms with Gasteiger partial charge in [-0.1, -0.05) is 12.8 Å². The van der Waals surface area contributed by atoms with E-state index in [2.05, 4.69) is 60.2 Å². The molecule has 0 heterocycles. The van der Waals surface area contributed by atoms with Gasteiger partial charge in [0.1, 0.15) is 13.2 Å². The Balaban J connectivity index is 3.60. The van der Waals surface area contributed by atoms with E-state index in [9.17, 15) is 9.59 Å². The van der Waals surface area contributed by atoms with Gasteiger partial charge in [-0.2, -0.15) is 0 Å². The lowest BCUT2D eigenvalue weighted by atomic mass is 10.2. The van der Waals surface area contributed by atoms with E-state index >= 15 is 0 Å². The number of nitrogens with one attached hydrogen (secondary N) is 1. The molecule has 0 aliphatic carbocycles. The zero-order valence-corrected chi connectivity index (χ0v) is 23.7. The Morgan fingerprint density at radius 3 is 1.63 bits per heavy atom. The van der Waals surface area contributed by atoms with E-state index in [1.807, 2.05) is 7.05 Å². The van der Waals surface area contributed by atoms with Crippen molar-refractivity contribution in [2.45, 2.75) is 38.5 Å². The highest BCUT2D eigenvalue weighted by Crippen LogP contribution is 2.02. The van der Waals surface area contributed by atoms with Gasteiger partial charge in [0.05, 0.1) is 0 Å². The molecule has 0 fully saturated rings. The fourth-order valence-corrected chi connectivity index (χ4v) is 3.39. The first-order chi connectivity index (χ1) is 16.6. The predicted octanol–water partition coefficient (Wildman–Crippen LogP) is 2.11. The Morgan fingerprint density at radius 1 is 0.571 bits per heavy atom. The van der Waals surface area contributed by atoms with Crippen LogP contribution in [0.25, 0.3) is 0 Å². The molecule has 0 unspecified atom stereocenters. The quantitative estimate of drug-likeness (QED) is 0.239. The molecule has 0 aromatic heterocycles. The number of alkyl carbamates (subject to hydrolysis) is 1. The molecule has 0 bridgehead atoms. The summed E-state index contributed by atoms with van der Waals surface area (Å²) in [4.78, 5) is 34.2. The van der Waals surface area contributed by atoms with Crippen molar-refractivity contribution < 1.29 is 19.1 Å². The number of ether oxygens (including phenoxy) is 2. The maximum absolute atomic E-state index is 12.1. The molecule has 0 saturated carbocycles. The van der Waals surface area contributed by atoms with Crippen LogP contribution in [-0.4, -0.2) is 152 Å². The largest absolute Gasteiger partial charge is 0.448 e. The highest BCUT2D eigenvalue weighted by Gasteiger charge is 2.10. The topological polar surface area (TPSA) is 80.8 Å². The average Bonchev–Trinajstić information content (AvgIpc) is 2.77. The van der Waals surface area contributed by atoms with E-state index in [4.69, 9.17) is 9.47 Å². The molecule has 208 valence electrons. The molecule has 10 heteroatoms. The maximum atomic E-state index is 12.1. The number of hydrogen-bond donors (Lipinski definition) is 1. The summed E-state index contributed by atoms with van der Waals surface area (Å²) in [5.41, 5.74) is 0. The van der Waals surface area contributed by atoms with Crippen LogP contribution < -0.4 is 5.32 Å². The molecule has 0 aliphatic heterocycles. The van der Waals surface area contributed by atoms with Crippen LogP contribution in [0, 0.1) is 0 Å². The van der Waals surface area contributed by atoms with Gasteiger partial charge in [-0.25, -0.2) is 9.59 Å². The summed E-state index contributed by atoms with van der Waals surface area (Å²) in [5, 5.41) is 2.81. The number of rotatable bonds is 21. The van der Waals surface area contributed by atoms with Gasteiger partial charge in [-0.15, -0.1) is 0 Å². The van der Waals surface area contributed by atoms with Crippen molar-refractivity contribution in [2.24, 2.45) is 0 Å². The third-order valence-corrected chi connectivity index (χ3v) is 5.70. The lowest BCUT2D eigenvalue weighted by Crippen LogP contribution is -2.32.